The van der Waals surface area contributed by atoms with Crippen molar-refractivity contribution in [3.05, 3.63) is 29.8 Å². The topological polar surface area (TPSA) is 41.1 Å². The maximum atomic E-state index is 12.1. The van der Waals surface area contributed by atoms with Gasteiger partial charge in [0.05, 0.1) is 0 Å². The van der Waals surface area contributed by atoms with Crippen molar-refractivity contribution in [2.24, 2.45) is 5.92 Å². The average molecular weight is 260 g/mol. The van der Waals surface area contributed by atoms with Gasteiger partial charge >= 0.3 is 0 Å². The lowest BCUT2D eigenvalue weighted by molar-refractivity contribution is 0.0921. The van der Waals surface area contributed by atoms with Gasteiger partial charge in [0.1, 0.15) is 0 Å². The molecule has 2 rings (SSSR count). The molecule has 104 valence electrons. The summed E-state index contributed by atoms with van der Waals surface area (Å²) < 4.78 is 0. The van der Waals surface area contributed by atoms with Crippen LogP contribution in [-0.4, -0.2) is 19.0 Å². The lowest BCUT2D eigenvalue weighted by Gasteiger charge is -2.28. The maximum absolute atomic E-state index is 12.1. The van der Waals surface area contributed by atoms with Crippen molar-refractivity contribution in [2.75, 3.05) is 12.4 Å². The van der Waals surface area contributed by atoms with Crippen LogP contribution in [0.15, 0.2) is 24.3 Å². The highest BCUT2D eigenvalue weighted by Gasteiger charge is 2.21. The first-order chi connectivity index (χ1) is 9.22. The molecule has 1 saturated carbocycles. The van der Waals surface area contributed by atoms with E-state index in [4.69, 9.17) is 0 Å². The second-order valence-electron chi connectivity index (χ2n) is 5.43. The Morgan fingerprint density at radius 1 is 1.16 bits per heavy atom. The zero-order valence-electron chi connectivity index (χ0n) is 11.9. The van der Waals surface area contributed by atoms with Crippen molar-refractivity contribution in [2.45, 2.75) is 45.1 Å². The van der Waals surface area contributed by atoms with Crippen LogP contribution in [0.1, 0.15) is 49.4 Å². The molecule has 1 aromatic carbocycles. The Balaban J connectivity index is 1.87. The number of hydrogen-bond acceptors (Lipinski definition) is 2. The summed E-state index contributed by atoms with van der Waals surface area (Å²) in [6.07, 6.45) is 6.02. The molecule has 1 aromatic rings. The van der Waals surface area contributed by atoms with Gasteiger partial charge in [0.25, 0.3) is 5.91 Å². The largest absolute Gasteiger partial charge is 0.388 e. The van der Waals surface area contributed by atoms with Gasteiger partial charge in [0, 0.05) is 24.3 Å². The molecule has 2 N–H and O–H groups in total. The van der Waals surface area contributed by atoms with Crippen LogP contribution in [0, 0.1) is 5.92 Å². The lowest BCUT2D eigenvalue weighted by atomic mass is 9.84. The molecule has 1 aliphatic carbocycles. The van der Waals surface area contributed by atoms with Crippen LogP contribution in [0.4, 0.5) is 5.69 Å². The van der Waals surface area contributed by atoms with Crippen molar-refractivity contribution in [1.29, 1.82) is 0 Å². The van der Waals surface area contributed by atoms with Crippen molar-refractivity contribution in [1.82, 2.24) is 5.32 Å². The van der Waals surface area contributed by atoms with Crippen LogP contribution in [-0.2, 0) is 0 Å². The monoisotopic (exact) mass is 260 g/mol. The Bertz CT molecular complexity index is 405. The molecule has 19 heavy (non-hydrogen) atoms. The van der Waals surface area contributed by atoms with Gasteiger partial charge in [-0.15, -0.1) is 0 Å². The van der Waals surface area contributed by atoms with E-state index in [2.05, 4.69) is 17.6 Å². The molecule has 0 aliphatic heterocycles. The summed E-state index contributed by atoms with van der Waals surface area (Å²) in [6.45, 7) is 2.26. The van der Waals surface area contributed by atoms with Gasteiger partial charge in [0.2, 0.25) is 0 Å². The van der Waals surface area contributed by atoms with E-state index in [9.17, 15) is 4.79 Å². The molecule has 0 saturated heterocycles. The van der Waals surface area contributed by atoms with E-state index in [-0.39, 0.29) is 5.91 Å². The van der Waals surface area contributed by atoms with Gasteiger partial charge in [-0.2, -0.15) is 0 Å². The molecule has 0 bridgehead atoms. The number of amides is 1. The molecular formula is C16H24N2O. The number of carbonyl (C=O) groups is 1. The highest BCUT2D eigenvalue weighted by Crippen LogP contribution is 2.26. The summed E-state index contributed by atoms with van der Waals surface area (Å²) in [6, 6.07) is 7.98. The predicted molar refractivity (Wildman–Crippen MR) is 79.5 cm³/mol. The summed E-state index contributed by atoms with van der Waals surface area (Å²) in [7, 11) is 1.88. The first-order valence-corrected chi connectivity index (χ1v) is 7.31. The predicted octanol–water partition coefficient (Wildman–Crippen LogP) is 3.43. The minimum Gasteiger partial charge on any atom is -0.388 e. The zero-order chi connectivity index (χ0) is 13.7. The molecule has 1 aliphatic rings. The molecule has 0 atom stereocenters. The Hall–Kier alpha value is -1.51. The number of nitrogens with one attached hydrogen (secondary N) is 2. The van der Waals surface area contributed by atoms with E-state index in [1.807, 2.05) is 31.3 Å². The Labute approximate surface area is 115 Å². The molecular weight excluding hydrogens is 236 g/mol. The summed E-state index contributed by atoms with van der Waals surface area (Å²) in [5.41, 5.74) is 1.77. The minimum atomic E-state index is 0.0580. The zero-order valence-corrected chi connectivity index (χ0v) is 11.9. The molecule has 3 nitrogen and oxygen atoms in total. The number of carbonyl (C=O) groups excluding carboxylic acids is 1. The average Bonchev–Trinajstić information content (AvgIpc) is 2.48. The van der Waals surface area contributed by atoms with Gasteiger partial charge in [-0.25, -0.2) is 0 Å². The van der Waals surface area contributed by atoms with Gasteiger partial charge in [-0.1, -0.05) is 13.3 Å². The SMILES string of the molecule is CCC1CCC(NC(=O)c2ccc(NC)cc2)CC1. The van der Waals surface area contributed by atoms with Crippen LogP contribution < -0.4 is 10.6 Å². The first kappa shape index (κ1) is 13.9. The fraction of sp³-hybridized carbons (Fsp3) is 0.562. The summed E-state index contributed by atoms with van der Waals surface area (Å²) in [5.74, 6) is 0.922. The van der Waals surface area contributed by atoms with Crippen LogP contribution >= 0.6 is 0 Å². The minimum absolute atomic E-state index is 0.0580. The molecule has 0 radical (unpaired) electrons. The van der Waals surface area contributed by atoms with Crippen molar-refractivity contribution < 1.29 is 4.79 Å². The molecule has 1 amide bonds. The molecule has 1 fully saturated rings. The number of rotatable bonds is 4. The van der Waals surface area contributed by atoms with Crippen LogP contribution in [0.2, 0.25) is 0 Å². The second-order valence-corrected chi connectivity index (χ2v) is 5.43. The smallest absolute Gasteiger partial charge is 0.251 e. The quantitative estimate of drug-likeness (QED) is 0.871. The van der Waals surface area contributed by atoms with Gasteiger partial charge in [0.15, 0.2) is 0 Å². The second kappa shape index (κ2) is 6.60. The Kier molecular flexibility index (Phi) is 4.83. The van der Waals surface area contributed by atoms with Gasteiger partial charge in [-0.3, -0.25) is 4.79 Å². The molecule has 3 heteroatoms. The van der Waals surface area contributed by atoms with E-state index >= 15 is 0 Å². The fourth-order valence-electron chi connectivity index (χ4n) is 2.77. The van der Waals surface area contributed by atoms with E-state index in [0.717, 1.165) is 30.0 Å². The standard InChI is InChI=1S/C16H24N2O/c1-3-12-4-8-15(9-5-12)18-16(19)13-6-10-14(17-2)11-7-13/h6-7,10-12,15,17H,3-5,8-9H2,1-2H3,(H,18,19). The molecule has 0 heterocycles. The third-order valence-corrected chi connectivity index (χ3v) is 4.20. The van der Waals surface area contributed by atoms with Gasteiger partial charge in [-0.05, 0) is 55.9 Å². The summed E-state index contributed by atoms with van der Waals surface area (Å²) >= 11 is 0. The third kappa shape index (κ3) is 3.72. The van der Waals surface area contributed by atoms with Crippen molar-refractivity contribution in [3.8, 4) is 0 Å². The van der Waals surface area contributed by atoms with E-state index in [1.165, 1.54) is 19.3 Å². The van der Waals surface area contributed by atoms with E-state index in [1.54, 1.807) is 0 Å². The first-order valence-electron chi connectivity index (χ1n) is 7.31. The third-order valence-electron chi connectivity index (χ3n) is 4.20. The van der Waals surface area contributed by atoms with E-state index in [0.29, 0.717) is 6.04 Å². The van der Waals surface area contributed by atoms with E-state index < -0.39 is 0 Å². The number of anilines is 1. The number of benzene rings is 1. The van der Waals surface area contributed by atoms with Crippen molar-refractivity contribution >= 4 is 11.6 Å². The highest BCUT2D eigenvalue weighted by atomic mass is 16.1. The fourth-order valence-corrected chi connectivity index (χ4v) is 2.77. The van der Waals surface area contributed by atoms with Gasteiger partial charge < -0.3 is 10.6 Å². The highest BCUT2D eigenvalue weighted by molar-refractivity contribution is 5.94. The van der Waals surface area contributed by atoms with Crippen LogP contribution in [0.5, 0.6) is 0 Å². The molecule has 0 aromatic heterocycles. The molecule has 0 unspecified atom stereocenters. The maximum Gasteiger partial charge on any atom is 0.251 e. The Morgan fingerprint density at radius 2 is 1.79 bits per heavy atom. The summed E-state index contributed by atoms with van der Waals surface area (Å²) in [5, 5.41) is 6.21. The van der Waals surface area contributed by atoms with Crippen molar-refractivity contribution in [3.63, 3.8) is 0 Å². The Morgan fingerprint density at radius 3 is 2.32 bits per heavy atom. The van der Waals surface area contributed by atoms with Crippen LogP contribution in [0.25, 0.3) is 0 Å². The van der Waals surface area contributed by atoms with Crippen LogP contribution in [0.3, 0.4) is 0 Å². The normalized spacial score (nSPS) is 22.8. The molecule has 0 spiro atoms. The number of hydrogen-bond donors (Lipinski definition) is 2. The summed E-state index contributed by atoms with van der Waals surface area (Å²) in [4.78, 5) is 12.1. The lowest BCUT2D eigenvalue weighted by Crippen LogP contribution is -2.37.